The van der Waals surface area contributed by atoms with Crippen LogP contribution in [0.15, 0.2) is 0 Å². The normalized spacial score (nSPS) is 20.7. The molecule has 7 nitrogen and oxygen atoms in total. The zero-order valence-electron chi connectivity index (χ0n) is 16.3. The van der Waals surface area contributed by atoms with Crippen molar-refractivity contribution in [2.45, 2.75) is 90.2 Å². The molecule has 1 rings (SSSR count). The fourth-order valence-corrected chi connectivity index (χ4v) is 3.80. The maximum Gasteiger partial charge on any atom is 0.338 e. The van der Waals surface area contributed by atoms with E-state index in [1.165, 1.54) is 0 Å². The van der Waals surface area contributed by atoms with E-state index >= 15 is 0 Å². The standard InChI is InChI=1S/C19H33NO6/c1-13(14(21)22)18(9-6-5-7-10-18)11-8-12-19(20,15(23)24)16(25)26-17(2,3)4/h13H,5-12,20H2,1-4H3,(H,21,22)(H,23,24). The molecule has 0 bridgehead atoms. The number of hydrogen-bond donors (Lipinski definition) is 3. The summed E-state index contributed by atoms with van der Waals surface area (Å²) in [5.74, 6) is -3.73. The molecule has 1 fully saturated rings. The lowest BCUT2D eigenvalue weighted by molar-refractivity contribution is -0.169. The summed E-state index contributed by atoms with van der Waals surface area (Å²) in [7, 11) is 0. The molecule has 2 atom stereocenters. The molecule has 4 N–H and O–H groups in total. The molecule has 1 aliphatic carbocycles. The largest absolute Gasteiger partial charge is 0.481 e. The van der Waals surface area contributed by atoms with Crippen LogP contribution in [0, 0.1) is 11.3 Å². The van der Waals surface area contributed by atoms with Crippen molar-refractivity contribution in [3.8, 4) is 0 Å². The highest BCUT2D eigenvalue weighted by Gasteiger charge is 2.46. The molecule has 7 heteroatoms. The third-order valence-electron chi connectivity index (χ3n) is 5.53. The third kappa shape index (κ3) is 5.43. The Balaban J connectivity index is 2.86. The minimum absolute atomic E-state index is 0.0780. The van der Waals surface area contributed by atoms with Crippen LogP contribution >= 0.6 is 0 Å². The van der Waals surface area contributed by atoms with E-state index in [0.717, 1.165) is 32.1 Å². The molecule has 1 saturated carbocycles. The molecule has 0 spiro atoms. The Morgan fingerprint density at radius 3 is 2.08 bits per heavy atom. The van der Waals surface area contributed by atoms with Gasteiger partial charge in [-0.25, -0.2) is 9.59 Å². The number of rotatable bonds is 8. The summed E-state index contributed by atoms with van der Waals surface area (Å²) in [6.07, 6.45) is 5.45. The van der Waals surface area contributed by atoms with Gasteiger partial charge in [-0.3, -0.25) is 4.79 Å². The minimum atomic E-state index is -2.12. The molecule has 0 aromatic heterocycles. The minimum Gasteiger partial charge on any atom is -0.481 e. The van der Waals surface area contributed by atoms with Gasteiger partial charge in [-0.05, 0) is 58.3 Å². The van der Waals surface area contributed by atoms with E-state index in [1.54, 1.807) is 27.7 Å². The van der Waals surface area contributed by atoms with E-state index in [0.29, 0.717) is 12.8 Å². The SMILES string of the molecule is CC(C(=O)O)C1(CCCC(N)(C(=O)O)C(=O)OC(C)(C)C)CCCCC1. The Bertz CT molecular complexity index is 533. The monoisotopic (exact) mass is 371 g/mol. The van der Waals surface area contributed by atoms with Crippen LogP contribution in [0.3, 0.4) is 0 Å². The van der Waals surface area contributed by atoms with Gasteiger partial charge in [0.25, 0.3) is 0 Å². The number of carbonyl (C=O) groups is 3. The molecular weight excluding hydrogens is 338 g/mol. The van der Waals surface area contributed by atoms with Crippen LogP contribution in [0.4, 0.5) is 0 Å². The molecule has 0 amide bonds. The number of carboxylic acids is 2. The highest BCUT2D eigenvalue weighted by molar-refractivity contribution is 6.03. The zero-order chi connectivity index (χ0) is 20.2. The Morgan fingerprint density at radius 2 is 1.65 bits per heavy atom. The van der Waals surface area contributed by atoms with Gasteiger partial charge in [0.15, 0.2) is 0 Å². The highest BCUT2D eigenvalue weighted by Crippen LogP contribution is 2.47. The smallest absolute Gasteiger partial charge is 0.338 e. The Hall–Kier alpha value is -1.63. The summed E-state index contributed by atoms with van der Waals surface area (Å²) in [6, 6.07) is 0. The summed E-state index contributed by atoms with van der Waals surface area (Å²) in [5.41, 5.74) is 2.58. The van der Waals surface area contributed by atoms with Crippen molar-refractivity contribution in [2.75, 3.05) is 0 Å². The van der Waals surface area contributed by atoms with Crippen LogP contribution in [0.1, 0.15) is 79.1 Å². The lowest BCUT2D eigenvalue weighted by Crippen LogP contribution is -2.57. The lowest BCUT2D eigenvalue weighted by Gasteiger charge is -2.41. The van der Waals surface area contributed by atoms with Gasteiger partial charge >= 0.3 is 17.9 Å². The number of carbonyl (C=O) groups excluding carboxylic acids is 1. The molecule has 0 aromatic carbocycles. The van der Waals surface area contributed by atoms with E-state index in [9.17, 15) is 24.6 Å². The molecular formula is C19H33NO6. The van der Waals surface area contributed by atoms with E-state index in [1.807, 2.05) is 0 Å². The van der Waals surface area contributed by atoms with E-state index < -0.39 is 35.0 Å². The first kappa shape index (κ1) is 22.4. The molecule has 150 valence electrons. The van der Waals surface area contributed by atoms with Gasteiger partial charge in [-0.1, -0.05) is 26.2 Å². The zero-order valence-corrected chi connectivity index (χ0v) is 16.3. The van der Waals surface area contributed by atoms with Crippen LogP contribution in [0.2, 0.25) is 0 Å². The second kappa shape index (κ2) is 8.37. The van der Waals surface area contributed by atoms with Crippen LogP contribution in [0.5, 0.6) is 0 Å². The Labute approximate surface area is 155 Å². The number of ether oxygens (including phenoxy) is 1. The fraction of sp³-hybridized carbons (Fsp3) is 0.842. The first-order valence-corrected chi connectivity index (χ1v) is 9.33. The molecule has 0 heterocycles. The Morgan fingerprint density at radius 1 is 1.12 bits per heavy atom. The summed E-state index contributed by atoms with van der Waals surface area (Å²) >= 11 is 0. The van der Waals surface area contributed by atoms with Crippen molar-refractivity contribution in [3.63, 3.8) is 0 Å². The number of carboxylic acid groups (broad SMARTS) is 2. The summed E-state index contributed by atoms with van der Waals surface area (Å²) in [5, 5.41) is 18.9. The Kier molecular flexibility index (Phi) is 7.22. The first-order chi connectivity index (χ1) is 11.8. The molecule has 0 aliphatic heterocycles. The van der Waals surface area contributed by atoms with Gasteiger partial charge in [-0.15, -0.1) is 0 Å². The molecule has 0 aromatic rings. The van der Waals surface area contributed by atoms with Gasteiger partial charge in [0.1, 0.15) is 5.60 Å². The average Bonchev–Trinajstić information content (AvgIpc) is 2.52. The van der Waals surface area contributed by atoms with Crippen LogP contribution in [-0.2, 0) is 19.1 Å². The van der Waals surface area contributed by atoms with Gasteiger partial charge < -0.3 is 20.7 Å². The number of aliphatic carboxylic acids is 2. The summed E-state index contributed by atoms with van der Waals surface area (Å²) in [4.78, 5) is 35.5. The van der Waals surface area contributed by atoms with Crippen molar-refractivity contribution in [2.24, 2.45) is 17.1 Å². The summed E-state index contributed by atoms with van der Waals surface area (Å²) in [6.45, 7) is 6.67. The van der Waals surface area contributed by atoms with Gasteiger partial charge in [0.2, 0.25) is 5.54 Å². The molecule has 1 aliphatic rings. The molecule has 2 unspecified atom stereocenters. The van der Waals surface area contributed by atoms with E-state index in [4.69, 9.17) is 10.5 Å². The molecule has 26 heavy (non-hydrogen) atoms. The summed E-state index contributed by atoms with van der Waals surface area (Å²) < 4.78 is 5.18. The van der Waals surface area contributed by atoms with Crippen LogP contribution < -0.4 is 5.73 Å². The van der Waals surface area contributed by atoms with Crippen molar-refractivity contribution in [3.05, 3.63) is 0 Å². The maximum atomic E-state index is 12.3. The third-order valence-corrected chi connectivity index (χ3v) is 5.53. The van der Waals surface area contributed by atoms with Crippen molar-refractivity contribution in [1.29, 1.82) is 0 Å². The van der Waals surface area contributed by atoms with Gasteiger partial charge in [0.05, 0.1) is 5.92 Å². The topological polar surface area (TPSA) is 127 Å². The van der Waals surface area contributed by atoms with E-state index in [2.05, 4.69) is 0 Å². The van der Waals surface area contributed by atoms with Crippen LogP contribution in [0.25, 0.3) is 0 Å². The first-order valence-electron chi connectivity index (χ1n) is 9.33. The predicted molar refractivity (Wildman–Crippen MR) is 96.6 cm³/mol. The van der Waals surface area contributed by atoms with Crippen molar-refractivity contribution >= 4 is 17.9 Å². The number of hydrogen-bond acceptors (Lipinski definition) is 5. The average molecular weight is 371 g/mol. The van der Waals surface area contributed by atoms with Gasteiger partial charge in [0, 0.05) is 0 Å². The van der Waals surface area contributed by atoms with Crippen molar-refractivity contribution < 1.29 is 29.3 Å². The number of nitrogens with two attached hydrogens (primary N) is 1. The van der Waals surface area contributed by atoms with Crippen LogP contribution in [-0.4, -0.2) is 39.3 Å². The lowest BCUT2D eigenvalue weighted by atomic mass is 9.63. The maximum absolute atomic E-state index is 12.3. The second-order valence-corrected chi connectivity index (χ2v) is 8.61. The fourth-order valence-electron chi connectivity index (χ4n) is 3.80. The quantitative estimate of drug-likeness (QED) is 0.442. The molecule has 0 saturated heterocycles. The van der Waals surface area contributed by atoms with E-state index in [-0.39, 0.29) is 11.8 Å². The van der Waals surface area contributed by atoms with Crippen molar-refractivity contribution in [1.82, 2.24) is 0 Å². The van der Waals surface area contributed by atoms with Gasteiger partial charge in [-0.2, -0.15) is 0 Å². The highest BCUT2D eigenvalue weighted by atomic mass is 16.6. The predicted octanol–water partition coefficient (Wildman–Crippen LogP) is 2.95. The second-order valence-electron chi connectivity index (χ2n) is 8.61. The number of esters is 1. The molecule has 0 radical (unpaired) electrons.